The number of benzene rings is 1. The predicted octanol–water partition coefficient (Wildman–Crippen LogP) is 2.25. The van der Waals surface area contributed by atoms with E-state index in [2.05, 4.69) is 12.2 Å². The monoisotopic (exact) mass is 302 g/mol. The van der Waals surface area contributed by atoms with Crippen LogP contribution in [0.5, 0.6) is 5.75 Å². The Bertz CT molecular complexity index is 512. The standard InChI is InChI=1S/C18H26N2O2/c1-12-3-7-15(8-4-12)22-10-2-9-20-18(21)16-13-5-6-14(11-13)17(16)19/h3-4,7-8,13-14,16-17H,2,5-6,9-11,19H2,1H3,(H,20,21). The van der Waals surface area contributed by atoms with Gasteiger partial charge < -0.3 is 15.8 Å². The molecule has 4 heteroatoms. The Hall–Kier alpha value is -1.55. The molecule has 2 bridgehead atoms. The van der Waals surface area contributed by atoms with Crippen molar-refractivity contribution in [2.45, 2.75) is 38.6 Å². The zero-order valence-electron chi connectivity index (χ0n) is 13.3. The first-order valence-electron chi connectivity index (χ1n) is 8.38. The van der Waals surface area contributed by atoms with Gasteiger partial charge in [0.15, 0.2) is 0 Å². The number of hydrogen-bond acceptors (Lipinski definition) is 3. The van der Waals surface area contributed by atoms with Crippen molar-refractivity contribution in [1.82, 2.24) is 5.32 Å². The van der Waals surface area contributed by atoms with Gasteiger partial charge in [0.1, 0.15) is 5.75 Å². The van der Waals surface area contributed by atoms with Crippen molar-refractivity contribution in [3.05, 3.63) is 29.8 Å². The van der Waals surface area contributed by atoms with Gasteiger partial charge in [0.2, 0.25) is 5.91 Å². The van der Waals surface area contributed by atoms with E-state index >= 15 is 0 Å². The predicted molar refractivity (Wildman–Crippen MR) is 86.6 cm³/mol. The van der Waals surface area contributed by atoms with Gasteiger partial charge >= 0.3 is 0 Å². The van der Waals surface area contributed by atoms with E-state index < -0.39 is 0 Å². The van der Waals surface area contributed by atoms with Gasteiger partial charge in [-0.25, -0.2) is 0 Å². The van der Waals surface area contributed by atoms with Gasteiger partial charge in [-0.1, -0.05) is 17.7 Å². The summed E-state index contributed by atoms with van der Waals surface area (Å²) < 4.78 is 5.66. The molecule has 2 saturated carbocycles. The van der Waals surface area contributed by atoms with Crippen molar-refractivity contribution < 1.29 is 9.53 Å². The Morgan fingerprint density at radius 3 is 2.68 bits per heavy atom. The van der Waals surface area contributed by atoms with E-state index in [-0.39, 0.29) is 17.9 Å². The summed E-state index contributed by atoms with van der Waals surface area (Å²) in [4.78, 5) is 12.3. The van der Waals surface area contributed by atoms with Crippen LogP contribution >= 0.6 is 0 Å². The Labute approximate surface area is 132 Å². The van der Waals surface area contributed by atoms with Crippen LogP contribution < -0.4 is 15.8 Å². The van der Waals surface area contributed by atoms with E-state index in [1.807, 2.05) is 24.3 Å². The van der Waals surface area contributed by atoms with Gasteiger partial charge in [0.05, 0.1) is 12.5 Å². The molecule has 3 N–H and O–H groups in total. The Kier molecular flexibility index (Phi) is 4.67. The summed E-state index contributed by atoms with van der Waals surface area (Å²) >= 11 is 0. The molecule has 0 radical (unpaired) electrons. The van der Waals surface area contributed by atoms with E-state index in [0.29, 0.717) is 25.0 Å². The molecule has 2 aliphatic carbocycles. The van der Waals surface area contributed by atoms with Crippen molar-refractivity contribution in [2.24, 2.45) is 23.5 Å². The SMILES string of the molecule is Cc1ccc(OCCCNC(=O)C2C3CCC(C3)C2N)cc1. The first-order chi connectivity index (χ1) is 10.6. The molecule has 0 aromatic heterocycles. The van der Waals surface area contributed by atoms with Crippen LogP contribution in [0.15, 0.2) is 24.3 Å². The molecular formula is C18H26N2O2. The highest BCUT2D eigenvalue weighted by molar-refractivity contribution is 5.80. The minimum absolute atomic E-state index is 0.0387. The number of carbonyl (C=O) groups excluding carboxylic acids is 1. The molecular weight excluding hydrogens is 276 g/mol. The minimum atomic E-state index is 0.0387. The third kappa shape index (κ3) is 3.27. The van der Waals surface area contributed by atoms with E-state index in [9.17, 15) is 4.79 Å². The maximum atomic E-state index is 12.3. The van der Waals surface area contributed by atoms with Crippen molar-refractivity contribution in [3.8, 4) is 5.75 Å². The van der Waals surface area contributed by atoms with Crippen LogP contribution in [-0.2, 0) is 4.79 Å². The largest absolute Gasteiger partial charge is 0.494 e. The van der Waals surface area contributed by atoms with Gasteiger partial charge in [0.25, 0.3) is 0 Å². The molecule has 2 aliphatic rings. The number of hydrogen-bond donors (Lipinski definition) is 2. The second-order valence-corrected chi connectivity index (χ2v) is 6.74. The molecule has 2 fully saturated rings. The summed E-state index contributed by atoms with van der Waals surface area (Å²) in [6.45, 7) is 3.33. The number of ether oxygens (including phenoxy) is 1. The van der Waals surface area contributed by atoms with Crippen LogP contribution in [0.2, 0.25) is 0 Å². The summed E-state index contributed by atoms with van der Waals surface area (Å²) in [7, 11) is 0. The molecule has 3 rings (SSSR count). The van der Waals surface area contributed by atoms with E-state index in [1.165, 1.54) is 18.4 Å². The highest BCUT2D eigenvalue weighted by atomic mass is 16.5. The second kappa shape index (κ2) is 6.69. The lowest BCUT2D eigenvalue weighted by Crippen LogP contribution is -2.45. The van der Waals surface area contributed by atoms with Gasteiger partial charge in [-0.05, 0) is 56.6 Å². The number of rotatable bonds is 6. The van der Waals surface area contributed by atoms with Crippen molar-refractivity contribution in [2.75, 3.05) is 13.2 Å². The molecule has 0 spiro atoms. The maximum Gasteiger partial charge on any atom is 0.224 e. The quantitative estimate of drug-likeness (QED) is 0.792. The third-order valence-electron chi connectivity index (χ3n) is 5.19. The van der Waals surface area contributed by atoms with Crippen LogP contribution in [0.3, 0.4) is 0 Å². The van der Waals surface area contributed by atoms with Gasteiger partial charge in [-0.15, -0.1) is 0 Å². The van der Waals surface area contributed by atoms with E-state index in [1.54, 1.807) is 0 Å². The topological polar surface area (TPSA) is 64.3 Å². The lowest BCUT2D eigenvalue weighted by molar-refractivity contribution is -0.127. The number of nitrogens with two attached hydrogens (primary N) is 1. The lowest BCUT2D eigenvalue weighted by atomic mass is 9.84. The fraction of sp³-hybridized carbons (Fsp3) is 0.611. The minimum Gasteiger partial charge on any atom is -0.494 e. The first kappa shape index (κ1) is 15.3. The molecule has 4 nitrogen and oxygen atoms in total. The number of carbonyl (C=O) groups is 1. The third-order valence-corrected chi connectivity index (χ3v) is 5.19. The fourth-order valence-corrected chi connectivity index (χ4v) is 3.95. The Balaban J connectivity index is 1.35. The summed E-state index contributed by atoms with van der Waals surface area (Å²) in [5.41, 5.74) is 7.42. The van der Waals surface area contributed by atoms with Gasteiger partial charge in [0, 0.05) is 12.6 Å². The van der Waals surface area contributed by atoms with E-state index in [4.69, 9.17) is 10.5 Å². The Morgan fingerprint density at radius 2 is 2.00 bits per heavy atom. The first-order valence-corrected chi connectivity index (χ1v) is 8.38. The number of amides is 1. The fourth-order valence-electron chi connectivity index (χ4n) is 3.95. The highest BCUT2D eigenvalue weighted by Crippen LogP contribution is 2.47. The van der Waals surface area contributed by atoms with Gasteiger partial charge in [-0.3, -0.25) is 4.79 Å². The molecule has 1 aromatic rings. The molecule has 0 saturated heterocycles. The molecule has 4 unspecified atom stereocenters. The number of nitrogens with one attached hydrogen (secondary N) is 1. The van der Waals surface area contributed by atoms with Crippen molar-refractivity contribution >= 4 is 5.91 Å². The van der Waals surface area contributed by atoms with Gasteiger partial charge in [-0.2, -0.15) is 0 Å². The smallest absolute Gasteiger partial charge is 0.224 e. The summed E-state index contributed by atoms with van der Waals surface area (Å²) in [5.74, 6) is 2.16. The van der Waals surface area contributed by atoms with Crippen LogP contribution in [-0.4, -0.2) is 25.1 Å². The summed E-state index contributed by atoms with van der Waals surface area (Å²) in [5, 5.41) is 3.04. The number of aryl methyl sites for hydroxylation is 1. The Morgan fingerprint density at radius 1 is 1.27 bits per heavy atom. The van der Waals surface area contributed by atoms with Crippen LogP contribution in [0.25, 0.3) is 0 Å². The van der Waals surface area contributed by atoms with E-state index in [0.717, 1.165) is 18.6 Å². The molecule has 0 aliphatic heterocycles. The molecule has 22 heavy (non-hydrogen) atoms. The highest BCUT2D eigenvalue weighted by Gasteiger charge is 2.48. The summed E-state index contributed by atoms with van der Waals surface area (Å²) in [6, 6.07) is 8.09. The zero-order valence-corrected chi connectivity index (χ0v) is 13.3. The molecule has 120 valence electrons. The molecule has 4 atom stereocenters. The maximum absolute atomic E-state index is 12.3. The van der Waals surface area contributed by atoms with Crippen LogP contribution in [0, 0.1) is 24.7 Å². The average Bonchev–Trinajstić information content (AvgIpc) is 3.09. The summed E-state index contributed by atoms with van der Waals surface area (Å²) in [6.07, 6.45) is 4.35. The molecule has 1 amide bonds. The lowest BCUT2D eigenvalue weighted by Gasteiger charge is -2.27. The molecule has 0 heterocycles. The number of fused-ring (bicyclic) bond motifs is 2. The van der Waals surface area contributed by atoms with Crippen molar-refractivity contribution in [1.29, 1.82) is 0 Å². The average molecular weight is 302 g/mol. The van der Waals surface area contributed by atoms with Crippen LogP contribution in [0.1, 0.15) is 31.2 Å². The van der Waals surface area contributed by atoms with Crippen molar-refractivity contribution in [3.63, 3.8) is 0 Å². The second-order valence-electron chi connectivity index (χ2n) is 6.74. The molecule has 1 aromatic carbocycles. The van der Waals surface area contributed by atoms with Crippen LogP contribution in [0.4, 0.5) is 0 Å². The normalized spacial score (nSPS) is 29.5. The zero-order chi connectivity index (χ0) is 15.5.